The number of aromatic amines is 2. The lowest BCUT2D eigenvalue weighted by Crippen LogP contribution is -2.43. The zero-order valence-corrected chi connectivity index (χ0v) is 18.2. The van der Waals surface area contributed by atoms with Crippen molar-refractivity contribution in [3.8, 4) is 11.3 Å². The van der Waals surface area contributed by atoms with Crippen LogP contribution in [0.4, 0.5) is 0 Å². The highest BCUT2D eigenvalue weighted by molar-refractivity contribution is 5.94. The fourth-order valence-electron chi connectivity index (χ4n) is 5.48. The Labute approximate surface area is 182 Å². The molecule has 2 aliphatic rings. The second-order valence-corrected chi connectivity index (χ2v) is 9.23. The number of hydrogen-bond donors (Lipinski definition) is 2. The number of pyridine rings is 1. The molecule has 1 aromatic carbocycles. The summed E-state index contributed by atoms with van der Waals surface area (Å²) >= 11 is 0. The Bertz CT molecular complexity index is 1210. The van der Waals surface area contributed by atoms with Crippen LogP contribution in [0.25, 0.3) is 33.3 Å². The molecule has 3 aromatic heterocycles. The van der Waals surface area contributed by atoms with Gasteiger partial charge in [-0.15, -0.1) is 0 Å². The van der Waals surface area contributed by atoms with E-state index in [0.717, 1.165) is 40.8 Å². The first kappa shape index (κ1) is 19.0. The lowest BCUT2D eigenvalue weighted by Gasteiger charge is -2.36. The molecule has 0 bridgehead atoms. The van der Waals surface area contributed by atoms with Crippen molar-refractivity contribution in [3.63, 3.8) is 0 Å². The third-order valence-corrected chi connectivity index (χ3v) is 7.11. The SMILES string of the molecule is Cc1nc2nccc(-c3cc4cc(CN5CCC(N6CCCC6)CC5)ccc4[nH]3)c2[nH]1. The van der Waals surface area contributed by atoms with Gasteiger partial charge in [-0.1, -0.05) is 6.07 Å². The van der Waals surface area contributed by atoms with Crippen LogP contribution in [0.3, 0.4) is 0 Å². The van der Waals surface area contributed by atoms with E-state index in [9.17, 15) is 0 Å². The van der Waals surface area contributed by atoms with Crippen molar-refractivity contribution in [2.75, 3.05) is 26.2 Å². The average Bonchev–Trinajstić information content (AvgIpc) is 3.52. The van der Waals surface area contributed by atoms with Gasteiger partial charge in [0.25, 0.3) is 0 Å². The van der Waals surface area contributed by atoms with Crippen molar-refractivity contribution >= 4 is 22.1 Å². The molecular weight excluding hydrogens is 384 g/mol. The third kappa shape index (κ3) is 3.64. The van der Waals surface area contributed by atoms with Crippen LogP contribution in [0, 0.1) is 6.92 Å². The summed E-state index contributed by atoms with van der Waals surface area (Å²) in [6.07, 6.45) is 7.25. The molecule has 6 nitrogen and oxygen atoms in total. The summed E-state index contributed by atoms with van der Waals surface area (Å²) in [7, 11) is 0. The fourth-order valence-corrected chi connectivity index (χ4v) is 5.48. The van der Waals surface area contributed by atoms with E-state index in [1.807, 2.05) is 13.1 Å². The third-order valence-electron chi connectivity index (χ3n) is 7.11. The highest BCUT2D eigenvalue weighted by Crippen LogP contribution is 2.29. The molecule has 2 saturated heterocycles. The Balaban J connectivity index is 1.20. The molecule has 6 rings (SSSR count). The van der Waals surface area contributed by atoms with E-state index in [4.69, 9.17) is 0 Å². The first-order valence-corrected chi connectivity index (χ1v) is 11.6. The van der Waals surface area contributed by atoms with Gasteiger partial charge in [0.2, 0.25) is 0 Å². The second-order valence-electron chi connectivity index (χ2n) is 9.23. The maximum absolute atomic E-state index is 4.47. The van der Waals surface area contributed by atoms with Crippen LogP contribution in [0.1, 0.15) is 37.1 Å². The van der Waals surface area contributed by atoms with Crippen molar-refractivity contribution in [1.82, 2.24) is 29.7 Å². The molecular formula is C25H30N6. The van der Waals surface area contributed by atoms with E-state index < -0.39 is 0 Å². The molecule has 6 heteroatoms. The second kappa shape index (κ2) is 7.77. The number of H-pyrrole nitrogens is 2. The molecule has 0 saturated carbocycles. The molecule has 2 N–H and O–H groups in total. The largest absolute Gasteiger partial charge is 0.354 e. The zero-order valence-electron chi connectivity index (χ0n) is 18.2. The van der Waals surface area contributed by atoms with Crippen LogP contribution in [-0.2, 0) is 6.54 Å². The van der Waals surface area contributed by atoms with Gasteiger partial charge in [0, 0.05) is 40.9 Å². The van der Waals surface area contributed by atoms with Gasteiger partial charge < -0.3 is 14.9 Å². The molecule has 31 heavy (non-hydrogen) atoms. The standard InChI is InChI=1S/C25H30N6/c1-17-27-24-21(6-9-26-25(24)28-17)23-15-19-14-18(4-5-22(19)29-23)16-30-12-7-20(8-13-30)31-10-2-3-11-31/h4-6,9,14-15,20,29H,2-3,7-8,10-13,16H2,1H3,(H,26,27,28). The molecule has 0 spiro atoms. The summed E-state index contributed by atoms with van der Waals surface area (Å²) in [6, 6.07) is 12.0. The summed E-state index contributed by atoms with van der Waals surface area (Å²) in [5.41, 5.74) is 6.56. The van der Waals surface area contributed by atoms with Crippen LogP contribution in [0.2, 0.25) is 0 Å². The molecule has 4 aromatic rings. The summed E-state index contributed by atoms with van der Waals surface area (Å²) in [6.45, 7) is 8.08. The smallest absolute Gasteiger partial charge is 0.178 e. The molecule has 2 fully saturated rings. The van der Waals surface area contributed by atoms with Gasteiger partial charge in [-0.25, -0.2) is 9.97 Å². The molecule has 160 valence electrons. The molecule has 5 heterocycles. The first-order chi connectivity index (χ1) is 15.2. The molecule has 0 radical (unpaired) electrons. The van der Waals surface area contributed by atoms with Crippen LogP contribution in [0.15, 0.2) is 36.5 Å². The predicted octanol–water partition coefficient (Wildman–Crippen LogP) is 4.47. The predicted molar refractivity (Wildman–Crippen MR) is 125 cm³/mol. The van der Waals surface area contributed by atoms with E-state index in [1.54, 1.807) is 0 Å². The van der Waals surface area contributed by atoms with Crippen molar-refractivity contribution in [1.29, 1.82) is 0 Å². The number of rotatable bonds is 4. The molecule has 0 atom stereocenters. The van der Waals surface area contributed by atoms with Gasteiger partial charge in [0.15, 0.2) is 5.65 Å². The Hall–Kier alpha value is -2.70. The quantitative estimate of drug-likeness (QED) is 0.517. The van der Waals surface area contributed by atoms with Crippen LogP contribution in [0.5, 0.6) is 0 Å². The Morgan fingerprint density at radius 1 is 1.00 bits per heavy atom. The van der Waals surface area contributed by atoms with Crippen molar-refractivity contribution < 1.29 is 0 Å². The molecule has 2 aliphatic heterocycles. The number of benzene rings is 1. The number of likely N-dealkylation sites (tertiary alicyclic amines) is 2. The number of nitrogens with zero attached hydrogens (tertiary/aromatic N) is 4. The minimum atomic E-state index is 0.770. The van der Waals surface area contributed by atoms with Crippen molar-refractivity contribution in [2.45, 2.75) is 45.2 Å². The summed E-state index contributed by atoms with van der Waals surface area (Å²) in [5.74, 6) is 0.891. The zero-order chi connectivity index (χ0) is 20.8. The number of fused-ring (bicyclic) bond motifs is 2. The lowest BCUT2D eigenvalue weighted by molar-refractivity contribution is 0.122. The van der Waals surface area contributed by atoms with E-state index in [2.05, 4.69) is 60.1 Å². The number of imidazole rings is 1. The van der Waals surface area contributed by atoms with Gasteiger partial charge in [0.1, 0.15) is 5.82 Å². The van der Waals surface area contributed by atoms with Gasteiger partial charge >= 0.3 is 0 Å². The summed E-state index contributed by atoms with van der Waals surface area (Å²) in [5, 5.41) is 1.26. The Morgan fingerprint density at radius 3 is 2.68 bits per heavy atom. The number of aryl methyl sites for hydroxylation is 1. The summed E-state index contributed by atoms with van der Waals surface area (Å²) in [4.78, 5) is 21.2. The topological polar surface area (TPSA) is 63.8 Å². The van der Waals surface area contributed by atoms with Crippen molar-refractivity contribution in [2.24, 2.45) is 0 Å². The van der Waals surface area contributed by atoms with Crippen LogP contribution >= 0.6 is 0 Å². The van der Waals surface area contributed by atoms with E-state index in [0.29, 0.717) is 0 Å². The minimum Gasteiger partial charge on any atom is -0.354 e. The van der Waals surface area contributed by atoms with Gasteiger partial charge in [-0.2, -0.15) is 0 Å². The normalized spacial score (nSPS) is 19.1. The van der Waals surface area contributed by atoms with Gasteiger partial charge in [-0.05, 0) is 88.6 Å². The van der Waals surface area contributed by atoms with Gasteiger partial charge in [-0.3, -0.25) is 4.90 Å². The lowest BCUT2D eigenvalue weighted by atomic mass is 10.0. The number of hydrogen-bond acceptors (Lipinski definition) is 4. The maximum Gasteiger partial charge on any atom is 0.178 e. The van der Waals surface area contributed by atoms with Crippen molar-refractivity contribution in [3.05, 3.63) is 47.9 Å². The number of aromatic nitrogens is 4. The Kier molecular flexibility index (Phi) is 4.77. The molecule has 0 unspecified atom stereocenters. The van der Waals surface area contributed by atoms with E-state index in [1.165, 1.54) is 68.3 Å². The van der Waals surface area contributed by atoms with E-state index >= 15 is 0 Å². The average molecular weight is 415 g/mol. The fraction of sp³-hybridized carbons (Fsp3) is 0.440. The monoisotopic (exact) mass is 414 g/mol. The Morgan fingerprint density at radius 2 is 1.84 bits per heavy atom. The van der Waals surface area contributed by atoms with E-state index in [-0.39, 0.29) is 0 Å². The van der Waals surface area contributed by atoms with Crippen LogP contribution in [-0.4, -0.2) is 62.0 Å². The molecule has 0 amide bonds. The highest BCUT2D eigenvalue weighted by Gasteiger charge is 2.26. The molecule has 0 aliphatic carbocycles. The van der Waals surface area contributed by atoms with Crippen LogP contribution < -0.4 is 0 Å². The first-order valence-electron chi connectivity index (χ1n) is 11.6. The number of piperidine rings is 1. The number of nitrogens with one attached hydrogen (secondary N) is 2. The van der Waals surface area contributed by atoms with Gasteiger partial charge in [0.05, 0.1) is 5.52 Å². The summed E-state index contributed by atoms with van der Waals surface area (Å²) < 4.78 is 0. The minimum absolute atomic E-state index is 0.770. The maximum atomic E-state index is 4.47. The highest BCUT2D eigenvalue weighted by atomic mass is 15.2.